The minimum atomic E-state index is -1.07. The normalized spacial score (nSPS) is 17.2. The highest BCUT2D eigenvalue weighted by Crippen LogP contribution is 2.20. The third kappa shape index (κ3) is 5.26. The Balaban J connectivity index is 1.98. The molecule has 1 aliphatic rings. The van der Waals surface area contributed by atoms with Crippen LogP contribution >= 0.6 is 0 Å². The molecule has 2 N–H and O–H groups in total. The molecule has 0 bridgehead atoms. The molecule has 1 saturated heterocycles. The molecule has 7 nitrogen and oxygen atoms in total. The van der Waals surface area contributed by atoms with Crippen LogP contribution in [-0.4, -0.2) is 54.0 Å². The van der Waals surface area contributed by atoms with E-state index in [1.54, 1.807) is 29.2 Å². The highest BCUT2D eigenvalue weighted by Gasteiger charge is 2.24. The summed E-state index contributed by atoms with van der Waals surface area (Å²) in [5, 5.41) is 11.4. The van der Waals surface area contributed by atoms with Crippen molar-refractivity contribution in [2.45, 2.75) is 19.8 Å². The maximum Gasteiger partial charge on any atom is 0.341 e. The molecule has 0 saturated carbocycles. The predicted octanol–water partition coefficient (Wildman–Crippen LogP) is 1.14. The molecule has 1 heterocycles. The zero-order chi connectivity index (χ0) is 17.5. The predicted molar refractivity (Wildman–Crippen MR) is 86.9 cm³/mol. The number of nitrogens with zero attached hydrogens (tertiary/aromatic N) is 1. The average molecular weight is 334 g/mol. The first-order chi connectivity index (χ1) is 11.5. The molecule has 1 atom stereocenters. The van der Waals surface area contributed by atoms with Gasteiger partial charge in [-0.15, -0.1) is 0 Å². The van der Waals surface area contributed by atoms with E-state index in [-0.39, 0.29) is 17.7 Å². The van der Waals surface area contributed by atoms with Crippen LogP contribution in [0.15, 0.2) is 24.3 Å². The first kappa shape index (κ1) is 17.8. The summed E-state index contributed by atoms with van der Waals surface area (Å²) in [6, 6.07) is 6.54. The Kier molecular flexibility index (Phi) is 6.17. The first-order valence-corrected chi connectivity index (χ1v) is 7.94. The topological polar surface area (TPSA) is 95.9 Å². The number of aliphatic carboxylic acids is 1. The van der Waals surface area contributed by atoms with Gasteiger partial charge in [0.05, 0.1) is 0 Å². The summed E-state index contributed by atoms with van der Waals surface area (Å²) in [6.45, 7) is 2.88. The van der Waals surface area contributed by atoms with Crippen LogP contribution in [0.1, 0.15) is 30.1 Å². The van der Waals surface area contributed by atoms with Gasteiger partial charge in [-0.2, -0.15) is 0 Å². The number of nitrogens with one attached hydrogen (secondary N) is 1. The number of benzene rings is 1. The fourth-order valence-corrected chi connectivity index (χ4v) is 2.75. The van der Waals surface area contributed by atoms with Gasteiger partial charge in [0.1, 0.15) is 5.75 Å². The van der Waals surface area contributed by atoms with Crippen LogP contribution in [0, 0.1) is 5.92 Å². The van der Waals surface area contributed by atoms with Gasteiger partial charge >= 0.3 is 5.97 Å². The highest BCUT2D eigenvalue weighted by molar-refractivity contribution is 5.94. The van der Waals surface area contributed by atoms with Crippen molar-refractivity contribution in [1.29, 1.82) is 0 Å². The largest absolute Gasteiger partial charge is 0.482 e. The Labute approximate surface area is 140 Å². The monoisotopic (exact) mass is 334 g/mol. The van der Waals surface area contributed by atoms with Crippen LogP contribution in [-0.2, 0) is 9.59 Å². The Hall–Kier alpha value is -2.57. The summed E-state index contributed by atoms with van der Waals surface area (Å²) in [4.78, 5) is 36.0. The number of hydrogen-bond acceptors (Lipinski definition) is 4. The maximum absolute atomic E-state index is 12.6. The standard InChI is InChI=1S/C17H22N2O5/c1-12(20)18-9-13-4-3-7-19(10-13)17(23)14-5-2-6-15(8-14)24-11-16(21)22/h2,5-6,8,13H,3-4,7,9-11H2,1H3,(H,18,20)(H,21,22). The van der Waals surface area contributed by atoms with Crippen molar-refractivity contribution in [3.05, 3.63) is 29.8 Å². The number of carboxylic acids is 1. The van der Waals surface area contributed by atoms with Crippen LogP contribution < -0.4 is 10.1 Å². The molecule has 0 aliphatic carbocycles. The summed E-state index contributed by atoms with van der Waals surface area (Å²) in [5.41, 5.74) is 0.470. The third-order valence-corrected chi connectivity index (χ3v) is 3.89. The van der Waals surface area contributed by atoms with Gasteiger partial charge in [-0.25, -0.2) is 4.79 Å². The highest BCUT2D eigenvalue weighted by atomic mass is 16.5. The number of likely N-dealkylation sites (tertiary alicyclic amines) is 1. The van der Waals surface area contributed by atoms with E-state index >= 15 is 0 Å². The average Bonchev–Trinajstić information content (AvgIpc) is 2.58. The lowest BCUT2D eigenvalue weighted by Crippen LogP contribution is -2.43. The van der Waals surface area contributed by atoms with Crippen molar-refractivity contribution in [2.75, 3.05) is 26.2 Å². The quantitative estimate of drug-likeness (QED) is 0.813. The van der Waals surface area contributed by atoms with Gasteiger partial charge in [0.2, 0.25) is 5.91 Å². The van der Waals surface area contributed by atoms with Crippen molar-refractivity contribution in [1.82, 2.24) is 10.2 Å². The van der Waals surface area contributed by atoms with E-state index < -0.39 is 12.6 Å². The molecule has 0 radical (unpaired) electrons. The molecule has 1 aromatic rings. The van der Waals surface area contributed by atoms with Gasteiger partial charge in [-0.05, 0) is 37.0 Å². The molecule has 1 aromatic carbocycles. The maximum atomic E-state index is 12.6. The van der Waals surface area contributed by atoms with Gasteiger partial charge in [0.15, 0.2) is 6.61 Å². The van der Waals surface area contributed by atoms with Crippen LogP contribution in [0.2, 0.25) is 0 Å². The Morgan fingerprint density at radius 2 is 2.17 bits per heavy atom. The fraction of sp³-hybridized carbons (Fsp3) is 0.471. The Morgan fingerprint density at radius 3 is 2.88 bits per heavy atom. The smallest absolute Gasteiger partial charge is 0.341 e. The molecule has 24 heavy (non-hydrogen) atoms. The zero-order valence-electron chi connectivity index (χ0n) is 13.7. The SMILES string of the molecule is CC(=O)NCC1CCCN(C(=O)c2cccc(OCC(=O)O)c2)C1. The minimum absolute atomic E-state index is 0.0678. The number of ether oxygens (including phenoxy) is 1. The summed E-state index contributed by atoms with van der Waals surface area (Å²) < 4.78 is 5.11. The number of carbonyl (C=O) groups excluding carboxylic acids is 2. The number of piperidine rings is 1. The number of amides is 2. The second kappa shape index (κ2) is 8.33. The lowest BCUT2D eigenvalue weighted by atomic mass is 9.97. The van der Waals surface area contributed by atoms with Crippen LogP contribution in [0.3, 0.4) is 0 Å². The van der Waals surface area contributed by atoms with Gasteiger partial charge in [-0.1, -0.05) is 6.07 Å². The van der Waals surface area contributed by atoms with Gasteiger partial charge < -0.3 is 20.1 Å². The number of carbonyl (C=O) groups is 3. The molecule has 2 amide bonds. The van der Waals surface area contributed by atoms with E-state index in [1.807, 2.05) is 0 Å². The van der Waals surface area contributed by atoms with Crippen molar-refractivity contribution < 1.29 is 24.2 Å². The molecule has 2 rings (SSSR count). The Bertz CT molecular complexity index is 617. The van der Waals surface area contributed by atoms with E-state index in [0.29, 0.717) is 30.9 Å². The summed E-state index contributed by atoms with van der Waals surface area (Å²) in [6.07, 6.45) is 1.87. The van der Waals surface area contributed by atoms with E-state index in [2.05, 4.69) is 5.32 Å². The van der Waals surface area contributed by atoms with Crippen molar-refractivity contribution >= 4 is 17.8 Å². The van der Waals surface area contributed by atoms with Gasteiger partial charge in [-0.3, -0.25) is 9.59 Å². The van der Waals surface area contributed by atoms with Crippen molar-refractivity contribution in [2.24, 2.45) is 5.92 Å². The van der Waals surface area contributed by atoms with Crippen molar-refractivity contribution in [3.63, 3.8) is 0 Å². The second-order valence-electron chi connectivity index (χ2n) is 5.91. The first-order valence-electron chi connectivity index (χ1n) is 7.94. The molecule has 1 unspecified atom stereocenters. The molecule has 0 aromatic heterocycles. The van der Waals surface area contributed by atoms with E-state index in [9.17, 15) is 14.4 Å². The molecule has 130 valence electrons. The fourth-order valence-electron chi connectivity index (χ4n) is 2.75. The van der Waals surface area contributed by atoms with Gasteiger partial charge in [0, 0.05) is 32.1 Å². The van der Waals surface area contributed by atoms with Gasteiger partial charge in [0.25, 0.3) is 5.91 Å². The summed E-state index contributed by atoms with van der Waals surface area (Å²) in [5.74, 6) is -0.637. The van der Waals surface area contributed by atoms with Crippen LogP contribution in [0.25, 0.3) is 0 Å². The Morgan fingerprint density at radius 1 is 1.38 bits per heavy atom. The van der Waals surface area contributed by atoms with E-state index in [4.69, 9.17) is 9.84 Å². The zero-order valence-corrected chi connectivity index (χ0v) is 13.7. The van der Waals surface area contributed by atoms with E-state index in [1.165, 1.54) is 6.92 Å². The van der Waals surface area contributed by atoms with Crippen LogP contribution in [0.4, 0.5) is 0 Å². The molecule has 0 spiro atoms. The molecule has 1 fully saturated rings. The molecule has 1 aliphatic heterocycles. The third-order valence-electron chi connectivity index (χ3n) is 3.89. The molecule has 7 heteroatoms. The van der Waals surface area contributed by atoms with Crippen molar-refractivity contribution in [3.8, 4) is 5.75 Å². The molecular weight excluding hydrogens is 312 g/mol. The summed E-state index contributed by atoms with van der Waals surface area (Å²) in [7, 11) is 0. The number of carboxylic acid groups (broad SMARTS) is 1. The lowest BCUT2D eigenvalue weighted by molar-refractivity contribution is -0.139. The number of hydrogen-bond donors (Lipinski definition) is 2. The van der Waals surface area contributed by atoms with Crippen LogP contribution in [0.5, 0.6) is 5.75 Å². The van der Waals surface area contributed by atoms with E-state index in [0.717, 1.165) is 12.8 Å². The molecular formula is C17H22N2O5. The second-order valence-corrected chi connectivity index (χ2v) is 5.91. The number of rotatable bonds is 6. The minimum Gasteiger partial charge on any atom is -0.482 e. The summed E-state index contributed by atoms with van der Waals surface area (Å²) >= 11 is 0. The lowest BCUT2D eigenvalue weighted by Gasteiger charge is -2.33.